The maximum absolute atomic E-state index is 12.8. The minimum Gasteiger partial charge on any atom is -0.337 e. The van der Waals surface area contributed by atoms with E-state index in [0.717, 1.165) is 44.1 Å². The van der Waals surface area contributed by atoms with Gasteiger partial charge in [0.2, 0.25) is 0 Å². The van der Waals surface area contributed by atoms with Crippen LogP contribution in [-0.2, 0) is 12.5 Å². The summed E-state index contributed by atoms with van der Waals surface area (Å²) >= 11 is 0. The third kappa shape index (κ3) is 3.94. The first-order valence-electron chi connectivity index (χ1n) is 8.92. The van der Waals surface area contributed by atoms with Gasteiger partial charge in [-0.2, -0.15) is 5.10 Å². The van der Waals surface area contributed by atoms with Crippen LogP contribution in [0.25, 0.3) is 0 Å². The lowest BCUT2D eigenvalue weighted by Gasteiger charge is -2.32. The molecule has 1 saturated carbocycles. The molecule has 1 saturated heterocycles. The normalized spacial score (nSPS) is 20.1. The maximum Gasteiger partial charge on any atom is 0.272 e. The fourth-order valence-electron chi connectivity index (χ4n) is 3.14. The number of likely N-dealkylation sites (tertiary alicyclic amines) is 1. The Morgan fingerprint density at radius 1 is 1.26 bits per heavy atom. The second kappa shape index (κ2) is 6.27. The van der Waals surface area contributed by atoms with E-state index in [2.05, 4.69) is 31.2 Å². The molecule has 23 heavy (non-hydrogen) atoms. The van der Waals surface area contributed by atoms with Crippen LogP contribution in [0.2, 0.25) is 0 Å². The maximum atomic E-state index is 12.8. The molecule has 0 atom stereocenters. The summed E-state index contributed by atoms with van der Waals surface area (Å²) in [6.45, 7) is 9.23. The van der Waals surface area contributed by atoms with E-state index in [4.69, 9.17) is 0 Å². The summed E-state index contributed by atoms with van der Waals surface area (Å²) in [5, 5.41) is 8.19. The zero-order valence-electron chi connectivity index (χ0n) is 14.9. The minimum absolute atomic E-state index is 0.0317. The number of aromatic nitrogens is 2. The van der Waals surface area contributed by atoms with Crippen molar-refractivity contribution in [2.45, 2.75) is 57.9 Å². The standard InChI is InChI=1S/C18H30N4O/c1-18(2,3)16-11-15(21(4)20-16)17(23)22-9-7-14(8-10-22)19-12-13-5-6-13/h11,13-14,19H,5-10,12H2,1-4H3. The monoisotopic (exact) mass is 318 g/mol. The number of rotatable bonds is 4. The third-order valence-electron chi connectivity index (χ3n) is 5.04. The summed E-state index contributed by atoms with van der Waals surface area (Å²) in [6, 6.07) is 2.54. The van der Waals surface area contributed by atoms with Gasteiger partial charge >= 0.3 is 0 Å². The number of carbonyl (C=O) groups excluding carboxylic acids is 1. The smallest absolute Gasteiger partial charge is 0.272 e. The van der Waals surface area contributed by atoms with E-state index in [9.17, 15) is 4.79 Å². The van der Waals surface area contributed by atoms with Crippen LogP contribution >= 0.6 is 0 Å². The molecule has 3 rings (SSSR count). The van der Waals surface area contributed by atoms with Crippen molar-refractivity contribution >= 4 is 5.91 Å². The van der Waals surface area contributed by atoms with Crippen LogP contribution in [0.1, 0.15) is 62.6 Å². The number of carbonyl (C=O) groups is 1. The molecule has 1 aliphatic carbocycles. The lowest BCUT2D eigenvalue weighted by molar-refractivity contribution is 0.0694. The summed E-state index contributed by atoms with van der Waals surface area (Å²) in [5.41, 5.74) is 1.65. The number of amides is 1. The van der Waals surface area contributed by atoms with Crippen molar-refractivity contribution in [3.63, 3.8) is 0 Å². The Kier molecular flexibility index (Phi) is 4.50. The van der Waals surface area contributed by atoms with Crippen LogP contribution in [0.5, 0.6) is 0 Å². The average molecular weight is 318 g/mol. The molecular weight excluding hydrogens is 288 g/mol. The van der Waals surface area contributed by atoms with Crippen LogP contribution in [0.3, 0.4) is 0 Å². The van der Waals surface area contributed by atoms with Gasteiger partial charge in [0.05, 0.1) is 5.69 Å². The lowest BCUT2D eigenvalue weighted by atomic mass is 9.92. The molecule has 2 aliphatic rings. The number of aryl methyl sites for hydroxylation is 1. The molecule has 0 bridgehead atoms. The van der Waals surface area contributed by atoms with E-state index in [-0.39, 0.29) is 11.3 Å². The molecule has 0 unspecified atom stereocenters. The Labute approximate surface area is 139 Å². The molecule has 1 aromatic heterocycles. The number of nitrogens with zero attached hydrogens (tertiary/aromatic N) is 3. The van der Waals surface area contributed by atoms with Crippen LogP contribution in [0, 0.1) is 5.92 Å². The minimum atomic E-state index is -0.0317. The van der Waals surface area contributed by atoms with Crippen molar-refractivity contribution in [3.8, 4) is 0 Å². The molecule has 1 N–H and O–H groups in total. The van der Waals surface area contributed by atoms with E-state index in [1.807, 2.05) is 18.0 Å². The Morgan fingerprint density at radius 2 is 1.91 bits per heavy atom. The number of piperidine rings is 1. The fourth-order valence-corrected chi connectivity index (χ4v) is 3.14. The van der Waals surface area contributed by atoms with Crippen molar-refractivity contribution in [1.29, 1.82) is 0 Å². The fraction of sp³-hybridized carbons (Fsp3) is 0.778. The highest BCUT2D eigenvalue weighted by Crippen LogP contribution is 2.28. The highest BCUT2D eigenvalue weighted by Gasteiger charge is 2.28. The first-order chi connectivity index (χ1) is 10.8. The molecule has 2 heterocycles. The van der Waals surface area contributed by atoms with Crippen LogP contribution < -0.4 is 5.32 Å². The van der Waals surface area contributed by atoms with Gasteiger partial charge < -0.3 is 10.2 Å². The number of hydrogen-bond donors (Lipinski definition) is 1. The van der Waals surface area contributed by atoms with Gasteiger partial charge in [-0.05, 0) is 44.2 Å². The lowest BCUT2D eigenvalue weighted by Crippen LogP contribution is -2.45. The van der Waals surface area contributed by atoms with Crippen molar-refractivity contribution in [3.05, 3.63) is 17.5 Å². The molecule has 5 heteroatoms. The molecular formula is C18H30N4O. The zero-order valence-corrected chi connectivity index (χ0v) is 14.9. The van der Waals surface area contributed by atoms with Gasteiger partial charge in [0.15, 0.2) is 0 Å². The van der Waals surface area contributed by atoms with Crippen LogP contribution in [-0.4, -0.2) is 46.3 Å². The second-order valence-electron chi connectivity index (χ2n) is 8.21. The van der Waals surface area contributed by atoms with Crippen LogP contribution in [0.4, 0.5) is 0 Å². The summed E-state index contributed by atoms with van der Waals surface area (Å²) in [7, 11) is 1.87. The van der Waals surface area contributed by atoms with Gasteiger partial charge in [-0.1, -0.05) is 20.8 Å². The Hall–Kier alpha value is -1.36. The van der Waals surface area contributed by atoms with Crippen molar-refractivity contribution in [1.82, 2.24) is 20.0 Å². The van der Waals surface area contributed by atoms with E-state index in [1.54, 1.807) is 4.68 Å². The summed E-state index contributed by atoms with van der Waals surface area (Å²) in [5.74, 6) is 1.04. The zero-order chi connectivity index (χ0) is 16.6. The van der Waals surface area contributed by atoms with E-state index in [1.165, 1.54) is 12.8 Å². The summed E-state index contributed by atoms with van der Waals surface area (Å²) < 4.78 is 1.74. The van der Waals surface area contributed by atoms with Gasteiger partial charge in [0.25, 0.3) is 5.91 Å². The van der Waals surface area contributed by atoms with Crippen molar-refractivity contribution in [2.24, 2.45) is 13.0 Å². The summed E-state index contributed by atoms with van der Waals surface area (Å²) in [4.78, 5) is 14.8. The van der Waals surface area contributed by atoms with Crippen molar-refractivity contribution in [2.75, 3.05) is 19.6 Å². The molecule has 1 aliphatic heterocycles. The van der Waals surface area contributed by atoms with E-state index in [0.29, 0.717) is 11.7 Å². The van der Waals surface area contributed by atoms with Gasteiger partial charge in [-0.3, -0.25) is 9.48 Å². The molecule has 0 spiro atoms. The molecule has 0 aromatic carbocycles. The molecule has 5 nitrogen and oxygen atoms in total. The SMILES string of the molecule is Cn1nc(C(C)(C)C)cc1C(=O)N1CCC(NCC2CC2)CC1. The van der Waals surface area contributed by atoms with Crippen molar-refractivity contribution < 1.29 is 4.79 Å². The quantitative estimate of drug-likeness (QED) is 0.927. The van der Waals surface area contributed by atoms with Gasteiger partial charge in [0.1, 0.15) is 5.69 Å². The van der Waals surface area contributed by atoms with E-state index >= 15 is 0 Å². The molecule has 2 fully saturated rings. The highest BCUT2D eigenvalue weighted by atomic mass is 16.2. The molecule has 0 radical (unpaired) electrons. The molecule has 1 aromatic rings. The Morgan fingerprint density at radius 3 is 2.43 bits per heavy atom. The summed E-state index contributed by atoms with van der Waals surface area (Å²) in [6.07, 6.45) is 4.90. The largest absolute Gasteiger partial charge is 0.337 e. The number of hydrogen-bond acceptors (Lipinski definition) is 3. The number of nitrogens with one attached hydrogen (secondary N) is 1. The Bertz CT molecular complexity index is 560. The second-order valence-corrected chi connectivity index (χ2v) is 8.21. The Balaban J connectivity index is 1.57. The topological polar surface area (TPSA) is 50.2 Å². The molecule has 1 amide bonds. The van der Waals surface area contributed by atoms with Gasteiger partial charge in [-0.15, -0.1) is 0 Å². The predicted molar refractivity (Wildman–Crippen MR) is 91.6 cm³/mol. The highest BCUT2D eigenvalue weighted by molar-refractivity contribution is 5.92. The predicted octanol–water partition coefficient (Wildman–Crippen LogP) is 2.32. The first kappa shape index (κ1) is 16.5. The van der Waals surface area contributed by atoms with Gasteiger partial charge in [-0.25, -0.2) is 0 Å². The first-order valence-corrected chi connectivity index (χ1v) is 8.92. The third-order valence-corrected chi connectivity index (χ3v) is 5.04. The van der Waals surface area contributed by atoms with Gasteiger partial charge in [0, 0.05) is 31.6 Å². The van der Waals surface area contributed by atoms with Crippen LogP contribution in [0.15, 0.2) is 6.07 Å². The van der Waals surface area contributed by atoms with E-state index < -0.39 is 0 Å². The molecule has 128 valence electrons. The average Bonchev–Trinajstić information content (AvgIpc) is 3.24.